The van der Waals surface area contributed by atoms with E-state index in [4.69, 9.17) is 17.3 Å². The maximum atomic E-state index is 5.79. The number of nitrogens with two attached hydrogens (primary N) is 1. The highest BCUT2D eigenvalue weighted by Gasteiger charge is 2.22. The zero-order valence-electron chi connectivity index (χ0n) is 7.86. The van der Waals surface area contributed by atoms with Gasteiger partial charge in [0.05, 0.1) is 0 Å². The van der Waals surface area contributed by atoms with Crippen molar-refractivity contribution in [1.82, 2.24) is 9.97 Å². The summed E-state index contributed by atoms with van der Waals surface area (Å²) in [5.74, 6) is 1.28. The van der Waals surface area contributed by atoms with E-state index in [0.29, 0.717) is 17.0 Å². The Kier molecular flexibility index (Phi) is 2.84. The van der Waals surface area contributed by atoms with Crippen molar-refractivity contribution in [3.05, 3.63) is 17.4 Å². The summed E-state index contributed by atoms with van der Waals surface area (Å²) in [6, 6.07) is 1.68. The molecule has 0 radical (unpaired) electrons. The molecule has 0 amide bonds. The second-order valence-corrected chi connectivity index (χ2v) is 3.90. The minimum Gasteiger partial charge on any atom is -0.340 e. The number of halogens is 1. The van der Waals surface area contributed by atoms with E-state index in [9.17, 15) is 0 Å². The molecule has 14 heavy (non-hydrogen) atoms. The number of hydrogen-bond acceptors (Lipinski definition) is 4. The molecule has 2 rings (SSSR count). The van der Waals surface area contributed by atoms with Crippen LogP contribution in [0.4, 0.5) is 5.95 Å². The van der Waals surface area contributed by atoms with E-state index in [2.05, 4.69) is 14.9 Å². The van der Waals surface area contributed by atoms with Crippen LogP contribution in [0.1, 0.15) is 6.42 Å². The van der Waals surface area contributed by atoms with E-state index in [1.807, 2.05) is 0 Å². The van der Waals surface area contributed by atoms with Gasteiger partial charge in [-0.2, -0.15) is 0 Å². The van der Waals surface area contributed by atoms with Crippen molar-refractivity contribution >= 4 is 17.5 Å². The fourth-order valence-corrected chi connectivity index (χ4v) is 1.82. The normalized spacial score (nSPS) is 21.6. The van der Waals surface area contributed by atoms with E-state index >= 15 is 0 Å². The molecular weight excluding hydrogens is 200 g/mol. The first-order valence-corrected chi connectivity index (χ1v) is 5.11. The molecule has 1 atom stereocenters. The molecule has 2 heterocycles. The van der Waals surface area contributed by atoms with E-state index in [1.165, 1.54) is 0 Å². The summed E-state index contributed by atoms with van der Waals surface area (Å²) in [6.45, 7) is 2.65. The number of nitrogens with zero attached hydrogens (tertiary/aromatic N) is 3. The minimum absolute atomic E-state index is 0.492. The van der Waals surface area contributed by atoms with Gasteiger partial charge < -0.3 is 10.6 Å². The van der Waals surface area contributed by atoms with E-state index < -0.39 is 0 Å². The van der Waals surface area contributed by atoms with Crippen molar-refractivity contribution in [3.63, 3.8) is 0 Å². The fraction of sp³-hybridized carbons (Fsp3) is 0.556. The fourth-order valence-electron chi connectivity index (χ4n) is 1.69. The van der Waals surface area contributed by atoms with E-state index in [0.717, 1.165) is 26.1 Å². The molecule has 1 fully saturated rings. The van der Waals surface area contributed by atoms with Gasteiger partial charge in [0, 0.05) is 19.3 Å². The van der Waals surface area contributed by atoms with Gasteiger partial charge >= 0.3 is 0 Å². The van der Waals surface area contributed by atoms with E-state index in [1.54, 1.807) is 12.3 Å². The molecule has 0 aliphatic carbocycles. The summed E-state index contributed by atoms with van der Waals surface area (Å²) >= 11 is 5.79. The van der Waals surface area contributed by atoms with Gasteiger partial charge in [-0.05, 0) is 24.9 Å². The Morgan fingerprint density at radius 3 is 3.14 bits per heavy atom. The van der Waals surface area contributed by atoms with Crippen molar-refractivity contribution in [2.24, 2.45) is 11.7 Å². The highest BCUT2D eigenvalue weighted by atomic mass is 35.5. The standard InChI is InChI=1S/C9H13ClN4/c10-8-1-3-12-9(13-8)14-4-2-7(5-11)6-14/h1,3,7H,2,4-6,11H2. The quantitative estimate of drug-likeness (QED) is 0.741. The summed E-state index contributed by atoms with van der Waals surface area (Å²) in [7, 11) is 0. The Labute approximate surface area is 88.1 Å². The highest BCUT2D eigenvalue weighted by molar-refractivity contribution is 6.29. The van der Waals surface area contributed by atoms with Crippen molar-refractivity contribution in [3.8, 4) is 0 Å². The number of rotatable bonds is 2. The Hall–Kier alpha value is -0.870. The summed E-state index contributed by atoms with van der Waals surface area (Å²) in [6.07, 6.45) is 2.80. The smallest absolute Gasteiger partial charge is 0.226 e. The third-order valence-electron chi connectivity index (χ3n) is 2.51. The summed E-state index contributed by atoms with van der Waals surface area (Å²) in [5, 5.41) is 0.492. The van der Waals surface area contributed by atoms with Gasteiger partial charge in [-0.1, -0.05) is 11.6 Å². The Bertz CT molecular complexity index is 317. The van der Waals surface area contributed by atoms with Crippen LogP contribution in [-0.2, 0) is 0 Å². The number of hydrogen-bond donors (Lipinski definition) is 1. The third kappa shape index (κ3) is 1.96. The molecule has 76 valence electrons. The van der Waals surface area contributed by atoms with Crippen molar-refractivity contribution in [2.45, 2.75) is 6.42 Å². The maximum Gasteiger partial charge on any atom is 0.226 e. The highest BCUT2D eigenvalue weighted by Crippen LogP contribution is 2.20. The van der Waals surface area contributed by atoms with Crippen LogP contribution in [0.25, 0.3) is 0 Å². The van der Waals surface area contributed by atoms with Crippen molar-refractivity contribution < 1.29 is 0 Å². The minimum atomic E-state index is 0.492. The van der Waals surface area contributed by atoms with Gasteiger partial charge in [-0.15, -0.1) is 0 Å². The van der Waals surface area contributed by atoms with Crippen LogP contribution in [0.2, 0.25) is 5.15 Å². The van der Waals surface area contributed by atoms with Gasteiger partial charge in [-0.25, -0.2) is 9.97 Å². The molecule has 1 aromatic rings. The molecular formula is C9H13ClN4. The summed E-state index contributed by atoms with van der Waals surface area (Å²) in [4.78, 5) is 10.5. The molecule has 1 unspecified atom stereocenters. The maximum absolute atomic E-state index is 5.79. The zero-order chi connectivity index (χ0) is 9.97. The van der Waals surface area contributed by atoms with Crippen molar-refractivity contribution in [2.75, 3.05) is 24.5 Å². The lowest BCUT2D eigenvalue weighted by Crippen LogP contribution is -2.24. The van der Waals surface area contributed by atoms with Crippen LogP contribution < -0.4 is 10.6 Å². The van der Waals surface area contributed by atoms with Crippen LogP contribution in [0.5, 0.6) is 0 Å². The Balaban J connectivity index is 2.09. The number of aromatic nitrogens is 2. The molecule has 1 aliphatic rings. The number of anilines is 1. The summed E-state index contributed by atoms with van der Waals surface area (Å²) in [5.41, 5.74) is 5.61. The monoisotopic (exact) mass is 212 g/mol. The molecule has 0 aromatic carbocycles. The lowest BCUT2D eigenvalue weighted by atomic mass is 10.1. The predicted molar refractivity (Wildman–Crippen MR) is 56.4 cm³/mol. The first kappa shape index (κ1) is 9.68. The molecule has 1 aliphatic heterocycles. The zero-order valence-corrected chi connectivity index (χ0v) is 8.61. The van der Waals surface area contributed by atoms with Crippen molar-refractivity contribution in [1.29, 1.82) is 0 Å². The lowest BCUT2D eigenvalue weighted by molar-refractivity contribution is 0.602. The average Bonchev–Trinajstić information content (AvgIpc) is 2.66. The topological polar surface area (TPSA) is 55.0 Å². The molecule has 1 aromatic heterocycles. The molecule has 1 saturated heterocycles. The summed E-state index contributed by atoms with van der Waals surface area (Å²) < 4.78 is 0. The molecule has 0 spiro atoms. The first-order valence-electron chi connectivity index (χ1n) is 4.73. The average molecular weight is 213 g/mol. The molecule has 5 heteroatoms. The first-order chi connectivity index (χ1) is 6.79. The van der Waals surface area contributed by atoms with Crippen LogP contribution >= 0.6 is 11.6 Å². The Morgan fingerprint density at radius 2 is 2.50 bits per heavy atom. The second-order valence-electron chi connectivity index (χ2n) is 3.52. The van der Waals surface area contributed by atoms with E-state index in [-0.39, 0.29) is 0 Å². The van der Waals surface area contributed by atoms with Gasteiger partial charge in [0.2, 0.25) is 5.95 Å². The van der Waals surface area contributed by atoms with Crippen LogP contribution in [0, 0.1) is 5.92 Å². The van der Waals surface area contributed by atoms with Gasteiger partial charge in [0.1, 0.15) is 5.15 Å². The van der Waals surface area contributed by atoms with Gasteiger partial charge in [0.15, 0.2) is 0 Å². The molecule has 2 N–H and O–H groups in total. The second kappa shape index (κ2) is 4.11. The Morgan fingerprint density at radius 1 is 1.64 bits per heavy atom. The van der Waals surface area contributed by atoms with Crippen LogP contribution in [0.3, 0.4) is 0 Å². The van der Waals surface area contributed by atoms with Gasteiger partial charge in [0.25, 0.3) is 0 Å². The SMILES string of the molecule is NCC1CCN(c2nccc(Cl)n2)C1. The van der Waals surface area contributed by atoms with Crippen LogP contribution in [0.15, 0.2) is 12.3 Å². The van der Waals surface area contributed by atoms with Gasteiger partial charge in [-0.3, -0.25) is 0 Å². The third-order valence-corrected chi connectivity index (χ3v) is 2.72. The molecule has 0 bridgehead atoms. The largest absolute Gasteiger partial charge is 0.340 e. The van der Waals surface area contributed by atoms with Crippen LogP contribution in [-0.4, -0.2) is 29.6 Å². The molecule has 0 saturated carbocycles. The lowest BCUT2D eigenvalue weighted by Gasteiger charge is -2.15. The predicted octanol–water partition coefficient (Wildman–Crippen LogP) is 0.915. The molecule has 4 nitrogen and oxygen atoms in total.